The third kappa shape index (κ3) is 5.09. The van der Waals surface area contributed by atoms with E-state index in [1.165, 1.54) is 0 Å². The standard InChI is InChI=1S/C30H31F8NO4S/c31-20-6-8-21(9-7-20)44(42,43)27-15-12-22(25(40)39-17-26(41)13-2-1-3-14-26)24(27)10-4-18-16-19(5-11-23(18)27)28(32,29(33,34)35)30(36,37)38/h5-9,11,16,22,24,41H,1-4,10,12-15,17H2,(H,39,40)/t22-,24+,27-/m1/s1. The van der Waals surface area contributed by atoms with E-state index >= 15 is 0 Å². The van der Waals surface area contributed by atoms with Gasteiger partial charge in [0.2, 0.25) is 5.91 Å². The highest BCUT2D eigenvalue weighted by atomic mass is 32.2. The third-order valence-electron chi connectivity index (χ3n) is 9.69. The van der Waals surface area contributed by atoms with Gasteiger partial charge in [0.1, 0.15) is 10.6 Å². The first-order valence-corrected chi connectivity index (χ1v) is 15.8. The molecule has 3 atom stereocenters. The Morgan fingerprint density at radius 1 is 0.886 bits per heavy atom. The molecule has 44 heavy (non-hydrogen) atoms. The topological polar surface area (TPSA) is 83.5 Å². The fourth-order valence-electron chi connectivity index (χ4n) is 7.46. The molecule has 3 aliphatic carbocycles. The van der Waals surface area contributed by atoms with Gasteiger partial charge in [-0.1, -0.05) is 37.5 Å². The molecule has 2 fully saturated rings. The summed E-state index contributed by atoms with van der Waals surface area (Å²) in [6.45, 7) is -0.0554. The van der Waals surface area contributed by atoms with E-state index < -0.39 is 67.3 Å². The highest BCUT2D eigenvalue weighted by Gasteiger charge is 2.74. The number of amides is 1. The van der Waals surface area contributed by atoms with Gasteiger partial charge in [-0.05, 0) is 79.8 Å². The summed E-state index contributed by atoms with van der Waals surface area (Å²) in [6, 6.07) is 5.32. The normalized spacial score (nSPS) is 25.7. The average Bonchev–Trinajstić information content (AvgIpc) is 3.36. The first kappa shape index (κ1) is 32.6. The van der Waals surface area contributed by atoms with Crippen molar-refractivity contribution in [2.75, 3.05) is 6.54 Å². The molecule has 0 heterocycles. The van der Waals surface area contributed by atoms with Crippen LogP contribution in [0.3, 0.4) is 0 Å². The summed E-state index contributed by atoms with van der Waals surface area (Å²) in [5, 5.41) is 13.6. The molecular weight excluding hydrogens is 622 g/mol. The van der Waals surface area contributed by atoms with Crippen LogP contribution in [0.2, 0.25) is 0 Å². The number of halogens is 8. The Balaban J connectivity index is 1.59. The van der Waals surface area contributed by atoms with Gasteiger partial charge in [0, 0.05) is 18.0 Å². The summed E-state index contributed by atoms with van der Waals surface area (Å²) in [5.41, 5.74) is -8.87. The van der Waals surface area contributed by atoms with Crippen LogP contribution < -0.4 is 5.32 Å². The Labute approximate surface area is 248 Å². The van der Waals surface area contributed by atoms with Gasteiger partial charge in [0.05, 0.1) is 10.5 Å². The van der Waals surface area contributed by atoms with Gasteiger partial charge >= 0.3 is 18.0 Å². The van der Waals surface area contributed by atoms with Crippen LogP contribution in [0.1, 0.15) is 68.1 Å². The van der Waals surface area contributed by atoms with Crippen molar-refractivity contribution in [1.29, 1.82) is 0 Å². The Bertz CT molecular complexity index is 1500. The summed E-state index contributed by atoms with van der Waals surface area (Å²) in [6.07, 6.45) is -9.79. The molecular formula is C30H31F8NO4S. The monoisotopic (exact) mass is 653 g/mol. The predicted molar refractivity (Wildman–Crippen MR) is 142 cm³/mol. The van der Waals surface area contributed by atoms with Crippen molar-refractivity contribution in [3.05, 3.63) is 65.0 Å². The van der Waals surface area contributed by atoms with Crippen LogP contribution in [0.5, 0.6) is 0 Å². The van der Waals surface area contributed by atoms with Gasteiger partial charge in [0.15, 0.2) is 9.84 Å². The number of sulfone groups is 1. The molecule has 5 rings (SSSR count). The molecule has 0 bridgehead atoms. The van der Waals surface area contributed by atoms with Gasteiger partial charge in [0.25, 0.3) is 0 Å². The van der Waals surface area contributed by atoms with Crippen LogP contribution in [-0.2, 0) is 31.5 Å². The SMILES string of the molecule is O=C(NCC1(O)CCCCC1)[C@@H]1CC[C@@]2(S(=O)(=O)c3ccc(F)cc3)c3ccc(C(F)(C(F)(F)F)C(F)(F)F)cc3CC[C@@H]12. The first-order valence-electron chi connectivity index (χ1n) is 14.3. The molecule has 0 aliphatic heterocycles. The highest BCUT2D eigenvalue weighted by Crippen LogP contribution is 2.60. The third-order valence-corrected chi connectivity index (χ3v) is 12.3. The maximum atomic E-state index is 15.0. The second kappa shape index (κ2) is 11.0. The van der Waals surface area contributed by atoms with Gasteiger partial charge < -0.3 is 10.4 Å². The second-order valence-corrected chi connectivity index (χ2v) is 14.4. The Morgan fingerprint density at radius 3 is 2.09 bits per heavy atom. The summed E-state index contributed by atoms with van der Waals surface area (Å²) in [7, 11) is -4.54. The molecule has 2 N–H and O–H groups in total. The molecule has 2 aromatic rings. The van der Waals surface area contributed by atoms with Crippen molar-refractivity contribution in [1.82, 2.24) is 5.32 Å². The van der Waals surface area contributed by atoms with Crippen LogP contribution in [-0.4, -0.2) is 43.9 Å². The molecule has 0 aromatic heterocycles. The zero-order valence-electron chi connectivity index (χ0n) is 23.4. The van der Waals surface area contributed by atoms with E-state index in [1.54, 1.807) is 0 Å². The number of carbonyl (C=O) groups excluding carboxylic acids is 1. The van der Waals surface area contributed by atoms with Crippen molar-refractivity contribution in [3.8, 4) is 0 Å². The van der Waals surface area contributed by atoms with E-state index in [1.807, 2.05) is 0 Å². The lowest BCUT2D eigenvalue weighted by molar-refractivity contribution is -0.348. The number of hydrogen-bond acceptors (Lipinski definition) is 4. The van der Waals surface area contributed by atoms with E-state index in [0.717, 1.165) is 49.6 Å². The lowest BCUT2D eigenvalue weighted by Gasteiger charge is -2.43. The molecule has 5 nitrogen and oxygen atoms in total. The number of benzene rings is 2. The van der Waals surface area contributed by atoms with Crippen molar-refractivity contribution in [2.45, 2.75) is 91.1 Å². The minimum Gasteiger partial charge on any atom is -0.388 e. The zero-order chi connectivity index (χ0) is 32.3. The first-order chi connectivity index (χ1) is 20.4. The molecule has 2 aromatic carbocycles. The molecule has 2 saturated carbocycles. The van der Waals surface area contributed by atoms with E-state index in [2.05, 4.69) is 5.32 Å². The minimum absolute atomic E-state index is 0.00863. The van der Waals surface area contributed by atoms with E-state index in [9.17, 15) is 53.4 Å². The quantitative estimate of drug-likeness (QED) is 0.273. The smallest absolute Gasteiger partial charge is 0.388 e. The number of hydrogen-bond donors (Lipinski definition) is 2. The number of rotatable bonds is 6. The van der Waals surface area contributed by atoms with E-state index in [0.29, 0.717) is 25.0 Å². The minimum atomic E-state index is -6.35. The van der Waals surface area contributed by atoms with Crippen LogP contribution >= 0.6 is 0 Å². The molecule has 14 heteroatoms. The molecule has 0 spiro atoms. The average molecular weight is 654 g/mol. The van der Waals surface area contributed by atoms with Crippen LogP contribution in [0.25, 0.3) is 0 Å². The van der Waals surface area contributed by atoms with Crippen molar-refractivity contribution in [2.24, 2.45) is 11.8 Å². The summed E-state index contributed by atoms with van der Waals surface area (Å²) >= 11 is 0. The number of aliphatic hydroxyl groups is 1. The summed E-state index contributed by atoms with van der Waals surface area (Å²) < 4.78 is 137. The van der Waals surface area contributed by atoms with Crippen LogP contribution in [0.15, 0.2) is 47.4 Å². The maximum absolute atomic E-state index is 15.0. The second-order valence-electron chi connectivity index (χ2n) is 12.2. The summed E-state index contributed by atoms with van der Waals surface area (Å²) in [5.74, 6) is -3.15. The number of alkyl halides is 7. The van der Waals surface area contributed by atoms with Crippen molar-refractivity contribution >= 4 is 15.7 Å². The Hall–Kier alpha value is -2.74. The van der Waals surface area contributed by atoms with Crippen LogP contribution in [0.4, 0.5) is 35.1 Å². The number of carbonyl (C=O) groups is 1. The fraction of sp³-hybridized carbons (Fsp3) is 0.567. The maximum Gasteiger partial charge on any atom is 0.435 e. The molecule has 3 aliphatic rings. The van der Waals surface area contributed by atoms with Gasteiger partial charge in [-0.15, -0.1) is 0 Å². The van der Waals surface area contributed by atoms with E-state index in [4.69, 9.17) is 0 Å². The lowest BCUT2D eigenvalue weighted by Crippen LogP contribution is -2.51. The van der Waals surface area contributed by atoms with Gasteiger partial charge in [-0.2, -0.15) is 26.3 Å². The van der Waals surface area contributed by atoms with Crippen LogP contribution in [0, 0.1) is 17.7 Å². The Kier molecular flexibility index (Phi) is 8.13. The van der Waals surface area contributed by atoms with E-state index in [-0.39, 0.29) is 48.3 Å². The number of fused-ring (bicyclic) bond motifs is 3. The molecule has 242 valence electrons. The number of aryl methyl sites for hydroxylation is 1. The fourth-order valence-corrected chi connectivity index (χ4v) is 9.93. The Morgan fingerprint density at radius 2 is 1.50 bits per heavy atom. The van der Waals surface area contributed by atoms with Gasteiger partial charge in [-0.3, -0.25) is 4.79 Å². The van der Waals surface area contributed by atoms with Crippen molar-refractivity contribution in [3.63, 3.8) is 0 Å². The molecule has 1 amide bonds. The zero-order valence-corrected chi connectivity index (χ0v) is 24.2. The van der Waals surface area contributed by atoms with Gasteiger partial charge in [-0.25, -0.2) is 17.2 Å². The van der Waals surface area contributed by atoms with Crippen molar-refractivity contribution < 1.29 is 53.4 Å². The highest BCUT2D eigenvalue weighted by molar-refractivity contribution is 7.92. The summed E-state index contributed by atoms with van der Waals surface area (Å²) in [4.78, 5) is 13.1. The number of nitrogens with one attached hydrogen (secondary N) is 1. The largest absolute Gasteiger partial charge is 0.435 e. The predicted octanol–water partition coefficient (Wildman–Crippen LogP) is 6.57. The molecule has 0 unspecified atom stereocenters. The molecule has 0 radical (unpaired) electrons. The molecule has 0 saturated heterocycles. The lowest BCUT2D eigenvalue weighted by atomic mass is 9.72.